The van der Waals surface area contributed by atoms with Crippen LogP contribution in [-0.4, -0.2) is 9.97 Å². The monoisotopic (exact) mass is 328 g/mol. The van der Waals surface area contributed by atoms with Crippen molar-refractivity contribution < 1.29 is 0 Å². The van der Waals surface area contributed by atoms with Gasteiger partial charge in [0.05, 0.1) is 17.1 Å². The first-order valence-electron chi connectivity index (χ1n) is 7.89. The maximum atomic E-state index is 4.94. The highest BCUT2D eigenvalue weighted by Gasteiger charge is 2.12. The quantitative estimate of drug-likeness (QED) is 0.497. The molecule has 0 radical (unpaired) electrons. The van der Waals surface area contributed by atoms with Crippen molar-refractivity contribution in [2.45, 2.75) is 6.42 Å². The van der Waals surface area contributed by atoms with E-state index in [0.29, 0.717) is 0 Å². The van der Waals surface area contributed by atoms with E-state index >= 15 is 0 Å². The van der Waals surface area contributed by atoms with Crippen molar-refractivity contribution in [3.8, 4) is 22.5 Å². The van der Waals surface area contributed by atoms with Gasteiger partial charge in [-0.25, -0.2) is 4.98 Å². The van der Waals surface area contributed by atoms with E-state index in [1.165, 1.54) is 4.88 Å². The highest BCUT2D eigenvalue weighted by atomic mass is 32.1. The lowest BCUT2D eigenvalue weighted by atomic mass is 10.0. The molecule has 2 aromatic heterocycles. The Labute approximate surface area is 145 Å². The first-order valence-corrected chi connectivity index (χ1v) is 8.77. The summed E-state index contributed by atoms with van der Waals surface area (Å²) in [6.45, 7) is 0. The van der Waals surface area contributed by atoms with Crippen LogP contribution in [0.5, 0.6) is 0 Å². The summed E-state index contributed by atoms with van der Waals surface area (Å²) in [5.41, 5.74) is 5.05. The van der Waals surface area contributed by atoms with E-state index in [9.17, 15) is 0 Å². The van der Waals surface area contributed by atoms with Crippen LogP contribution in [0.1, 0.15) is 10.6 Å². The molecule has 0 saturated carbocycles. The molecule has 0 N–H and O–H groups in total. The number of thiophene rings is 1. The van der Waals surface area contributed by atoms with E-state index < -0.39 is 0 Å². The smallest absolute Gasteiger partial charge is 0.0968 e. The lowest BCUT2D eigenvalue weighted by Crippen LogP contribution is -1.99. The van der Waals surface area contributed by atoms with Gasteiger partial charge in [-0.05, 0) is 11.4 Å². The minimum Gasteiger partial charge on any atom is -0.252 e. The third-order valence-electron chi connectivity index (χ3n) is 3.85. The lowest BCUT2D eigenvalue weighted by molar-refractivity contribution is 1.05. The zero-order chi connectivity index (χ0) is 16.2. The first kappa shape index (κ1) is 14.8. The molecule has 116 valence electrons. The molecule has 0 amide bonds. The fraction of sp³-hybridized carbons (Fsp3) is 0.0476. The third-order valence-corrected chi connectivity index (χ3v) is 4.73. The number of rotatable bonds is 4. The van der Waals surface area contributed by atoms with Crippen LogP contribution in [-0.2, 0) is 6.42 Å². The Balaban J connectivity index is 1.82. The molecule has 0 atom stereocenters. The fourth-order valence-corrected chi connectivity index (χ4v) is 3.43. The normalized spacial score (nSPS) is 10.7. The molecule has 0 fully saturated rings. The van der Waals surface area contributed by atoms with Gasteiger partial charge < -0.3 is 0 Å². The molecule has 2 aromatic carbocycles. The Morgan fingerprint density at radius 1 is 0.708 bits per heavy atom. The van der Waals surface area contributed by atoms with Gasteiger partial charge in [0.25, 0.3) is 0 Å². The van der Waals surface area contributed by atoms with Crippen LogP contribution in [0.4, 0.5) is 0 Å². The van der Waals surface area contributed by atoms with Gasteiger partial charge in [0.15, 0.2) is 0 Å². The number of nitrogens with zero attached hydrogens (tertiary/aromatic N) is 2. The molecule has 24 heavy (non-hydrogen) atoms. The van der Waals surface area contributed by atoms with Crippen molar-refractivity contribution in [1.29, 1.82) is 0 Å². The second-order valence-electron chi connectivity index (χ2n) is 5.55. The highest BCUT2D eigenvalue weighted by molar-refractivity contribution is 7.09. The minimum atomic E-state index is 0.819. The van der Waals surface area contributed by atoms with Crippen LogP contribution in [0.15, 0.2) is 84.4 Å². The standard InChI is InChI=1S/C21H16N2S/c1-3-8-16(9-4-1)20-21(17-10-5-2-6-11-17)23-18(15-22-20)14-19-12-7-13-24-19/h1-13,15H,14H2. The summed E-state index contributed by atoms with van der Waals surface area (Å²) in [5.74, 6) is 0. The van der Waals surface area contributed by atoms with Crippen molar-refractivity contribution >= 4 is 11.3 Å². The SMILES string of the molecule is c1ccc(-c2ncc(Cc3cccs3)nc2-c2ccccc2)cc1. The minimum absolute atomic E-state index is 0.819. The van der Waals surface area contributed by atoms with Gasteiger partial charge in [-0.2, -0.15) is 0 Å². The van der Waals surface area contributed by atoms with Crippen molar-refractivity contribution in [3.05, 3.63) is 94.9 Å². The van der Waals surface area contributed by atoms with E-state index in [1.807, 2.05) is 42.6 Å². The maximum absolute atomic E-state index is 4.94. The molecule has 0 aliphatic heterocycles. The van der Waals surface area contributed by atoms with Gasteiger partial charge in [0.1, 0.15) is 0 Å². The van der Waals surface area contributed by atoms with Crippen molar-refractivity contribution in [1.82, 2.24) is 9.97 Å². The molecular formula is C21H16N2S. The topological polar surface area (TPSA) is 25.8 Å². The average molecular weight is 328 g/mol. The molecule has 4 rings (SSSR count). The highest BCUT2D eigenvalue weighted by Crippen LogP contribution is 2.29. The zero-order valence-electron chi connectivity index (χ0n) is 13.1. The molecular weight excluding hydrogens is 312 g/mol. The molecule has 0 saturated heterocycles. The summed E-state index contributed by atoms with van der Waals surface area (Å²) in [7, 11) is 0. The second kappa shape index (κ2) is 6.77. The van der Waals surface area contributed by atoms with Gasteiger partial charge in [-0.3, -0.25) is 4.98 Å². The summed E-state index contributed by atoms with van der Waals surface area (Å²) in [4.78, 5) is 11.0. The Bertz CT molecular complexity index is 917. The Kier molecular flexibility index (Phi) is 4.17. The first-order chi connectivity index (χ1) is 11.9. The van der Waals surface area contributed by atoms with Crippen molar-refractivity contribution in [2.75, 3.05) is 0 Å². The lowest BCUT2D eigenvalue weighted by Gasteiger charge is -2.10. The van der Waals surface area contributed by atoms with Crippen LogP contribution >= 0.6 is 11.3 Å². The number of hydrogen-bond acceptors (Lipinski definition) is 3. The molecule has 0 bridgehead atoms. The summed E-state index contributed by atoms with van der Waals surface area (Å²) >= 11 is 1.75. The molecule has 4 aromatic rings. The summed E-state index contributed by atoms with van der Waals surface area (Å²) in [5, 5.41) is 2.10. The molecule has 2 heterocycles. The molecule has 0 aliphatic rings. The van der Waals surface area contributed by atoms with Crippen LogP contribution in [0.25, 0.3) is 22.5 Å². The molecule has 0 spiro atoms. The Morgan fingerprint density at radius 2 is 1.38 bits per heavy atom. The van der Waals surface area contributed by atoms with E-state index in [2.05, 4.69) is 41.8 Å². The number of benzene rings is 2. The van der Waals surface area contributed by atoms with Gasteiger partial charge in [-0.15, -0.1) is 11.3 Å². The predicted octanol–water partition coefficient (Wildman–Crippen LogP) is 5.46. The van der Waals surface area contributed by atoms with Gasteiger partial charge in [0.2, 0.25) is 0 Å². The van der Waals surface area contributed by atoms with E-state index in [0.717, 1.165) is 34.6 Å². The van der Waals surface area contributed by atoms with Crippen molar-refractivity contribution in [3.63, 3.8) is 0 Å². The summed E-state index contributed by atoms with van der Waals surface area (Å²) in [6, 6.07) is 24.7. The summed E-state index contributed by atoms with van der Waals surface area (Å²) in [6.07, 6.45) is 2.72. The van der Waals surface area contributed by atoms with Crippen LogP contribution in [0.3, 0.4) is 0 Å². The summed E-state index contributed by atoms with van der Waals surface area (Å²) < 4.78 is 0. The molecule has 0 unspecified atom stereocenters. The van der Waals surface area contributed by atoms with Crippen LogP contribution in [0, 0.1) is 0 Å². The average Bonchev–Trinajstić information content (AvgIpc) is 3.16. The van der Waals surface area contributed by atoms with Gasteiger partial charge >= 0.3 is 0 Å². The third kappa shape index (κ3) is 3.12. The van der Waals surface area contributed by atoms with E-state index in [1.54, 1.807) is 11.3 Å². The molecule has 0 aliphatic carbocycles. The van der Waals surface area contributed by atoms with E-state index in [-0.39, 0.29) is 0 Å². The zero-order valence-corrected chi connectivity index (χ0v) is 13.9. The predicted molar refractivity (Wildman–Crippen MR) is 100 cm³/mol. The van der Waals surface area contributed by atoms with Gasteiger partial charge in [-0.1, -0.05) is 66.7 Å². The van der Waals surface area contributed by atoms with Crippen molar-refractivity contribution in [2.24, 2.45) is 0 Å². The maximum Gasteiger partial charge on any atom is 0.0968 e. The second-order valence-corrected chi connectivity index (χ2v) is 6.58. The van der Waals surface area contributed by atoms with E-state index in [4.69, 9.17) is 9.97 Å². The number of hydrogen-bond donors (Lipinski definition) is 0. The fourth-order valence-electron chi connectivity index (χ4n) is 2.71. The molecule has 3 heteroatoms. The number of aromatic nitrogens is 2. The van der Waals surface area contributed by atoms with Crippen LogP contribution < -0.4 is 0 Å². The molecule has 2 nitrogen and oxygen atoms in total. The van der Waals surface area contributed by atoms with Crippen LogP contribution in [0.2, 0.25) is 0 Å². The Hall–Kier alpha value is -2.78. The largest absolute Gasteiger partial charge is 0.252 e. The van der Waals surface area contributed by atoms with Gasteiger partial charge in [0, 0.05) is 28.6 Å². The Morgan fingerprint density at radius 3 is 2.00 bits per heavy atom.